The molecule has 1 aliphatic heterocycles. The molecule has 0 saturated carbocycles. The van der Waals surface area contributed by atoms with E-state index in [4.69, 9.17) is 4.74 Å². The normalized spacial score (nSPS) is 15.1. The predicted molar refractivity (Wildman–Crippen MR) is 94.8 cm³/mol. The molecule has 0 aliphatic carbocycles. The van der Waals surface area contributed by atoms with Crippen molar-refractivity contribution in [3.05, 3.63) is 40.9 Å². The van der Waals surface area contributed by atoms with Crippen molar-refractivity contribution in [2.75, 3.05) is 19.8 Å². The molecule has 1 aromatic heterocycles. The summed E-state index contributed by atoms with van der Waals surface area (Å²) in [6.07, 6.45) is 1.31. The summed E-state index contributed by atoms with van der Waals surface area (Å²) in [5, 5.41) is 12.0. The van der Waals surface area contributed by atoms with Crippen LogP contribution in [0.5, 0.6) is 0 Å². The van der Waals surface area contributed by atoms with Gasteiger partial charge in [0.1, 0.15) is 11.6 Å². The van der Waals surface area contributed by atoms with Crippen molar-refractivity contribution in [1.82, 2.24) is 9.88 Å². The van der Waals surface area contributed by atoms with Gasteiger partial charge >= 0.3 is 5.97 Å². The number of carboxylic acids is 1. The summed E-state index contributed by atoms with van der Waals surface area (Å²) in [5.41, 5.74) is 2.29. The number of aromatic nitrogens is 1. The van der Waals surface area contributed by atoms with Gasteiger partial charge in [-0.25, -0.2) is 4.98 Å². The number of thiazole rings is 1. The number of amides is 1. The zero-order chi connectivity index (χ0) is 17.8. The van der Waals surface area contributed by atoms with Crippen LogP contribution < -0.4 is 0 Å². The lowest BCUT2D eigenvalue weighted by Crippen LogP contribution is -2.46. The van der Waals surface area contributed by atoms with Gasteiger partial charge in [0.25, 0.3) is 5.91 Å². The maximum Gasteiger partial charge on any atom is 0.323 e. The third-order valence-electron chi connectivity index (χ3n) is 4.17. The fourth-order valence-electron chi connectivity index (χ4n) is 2.95. The van der Waals surface area contributed by atoms with Crippen molar-refractivity contribution in [3.8, 4) is 10.6 Å². The number of carboxylic acid groups (broad SMARTS) is 1. The van der Waals surface area contributed by atoms with Gasteiger partial charge in [-0.05, 0) is 31.9 Å². The average molecular weight is 360 g/mol. The first-order chi connectivity index (χ1) is 12.0. The number of ether oxygens (including phenoxy) is 1. The van der Waals surface area contributed by atoms with Gasteiger partial charge in [0.05, 0.1) is 0 Å². The molecule has 1 N–H and O–H groups in total. The van der Waals surface area contributed by atoms with Crippen LogP contribution in [-0.4, -0.2) is 52.7 Å². The lowest BCUT2D eigenvalue weighted by atomic mass is 10.0. The molecule has 0 unspecified atom stereocenters. The van der Waals surface area contributed by atoms with Crippen LogP contribution in [0.1, 0.15) is 28.9 Å². The zero-order valence-electron chi connectivity index (χ0n) is 14.0. The number of aryl methyl sites for hydroxylation is 1. The number of aliphatic carboxylic acids is 1. The van der Waals surface area contributed by atoms with Crippen LogP contribution in [-0.2, 0) is 9.53 Å². The van der Waals surface area contributed by atoms with Crippen LogP contribution in [0, 0.1) is 6.92 Å². The minimum Gasteiger partial charge on any atom is -0.480 e. The molecule has 2 heterocycles. The number of rotatable bonds is 5. The van der Waals surface area contributed by atoms with Gasteiger partial charge in [-0.1, -0.05) is 12.1 Å². The predicted octanol–water partition coefficient (Wildman–Crippen LogP) is 2.82. The van der Waals surface area contributed by atoms with Gasteiger partial charge in [0.15, 0.2) is 0 Å². The highest BCUT2D eigenvalue weighted by Gasteiger charge is 2.28. The summed E-state index contributed by atoms with van der Waals surface area (Å²) in [7, 11) is 0. The van der Waals surface area contributed by atoms with Crippen molar-refractivity contribution in [2.24, 2.45) is 0 Å². The standard InChI is InChI=1S/C18H20N2O4S/c1-12-11-25-17(19-12)13-3-2-4-14(9-13)18(23)20(10-16(21)22)15-5-7-24-8-6-15/h2-4,9,11,15H,5-8,10H2,1H3,(H,21,22). The molecule has 2 aromatic rings. The zero-order valence-corrected chi connectivity index (χ0v) is 14.8. The third-order valence-corrected chi connectivity index (χ3v) is 5.18. The highest BCUT2D eigenvalue weighted by molar-refractivity contribution is 7.13. The Morgan fingerprint density at radius 3 is 2.76 bits per heavy atom. The second-order valence-electron chi connectivity index (χ2n) is 6.05. The third kappa shape index (κ3) is 4.24. The van der Waals surface area contributed by atoms with Gasteiger partial charge < -0.3 is 14.7 Å². The smallest absolute Gasteiger partial charge is 0.323 e. The Bertz CT molecular complexity index is 768. The largest absolute Gasteiger partial charge is 0.480 e. The van der Waals surface area contributed by atoms with E-state index in [-0.39, 0.29) is 18.5 Å². The molecule has 0 bridgehead atoms. The average Bonchev–Trinajstić information content (AvgIpc) is 3.06. The Labute approximate surface area is 150 Å². The number of nitrogens with zero attached hydrogens (tertiary/aromatic N) is 2. The maximum atomic E-state index is 13.0. The molecule has 1 saturated heterocycles. The Balaban J connectivity index is 1.87. The van der Waals surface area contributed by atoms with E-state index >= 15 is 0 Å². The Morgan fingerprint density at radius 2 is 2.12 bits per heavy atom. The number of hydrogen-bond donors (Lipinski definition) is 1. The van der Waals surface area contributed by atoms with Crippen LogP contribution >= 0.6 is 11.3 Å². The van der Waals surface area contributed by atoms with Gasteiger partial charge in [-0.3, -0.25) is 9.59 Å². The van der Waals surface area contributed by atoms with E-state index in [0.29, 0.717) is 31.6 Å². The molecule has 0 radical (unpaired) electrons. The highest BCUT2D eigenvalue weighted by Crippen LogP contribution is 2.25. The van der Waals surface area contributed by atoms with E-state index in [1.807, 2.05) is 24.4 Å². The molecule has 7 heteroatoms. The molecular formula is C18H20N2O4S. The minimum atomic E-state index is -1.01. The summed E-state index contributed by atoms with van der Waals surface area (Å²) in [4.78, 5) is 30.1. The first-order valence-electron chi connectivity index (χ1n) is 8.17. The molecule has 1 amide bonds. The Hall–Kier alpha value is -2.25. The summed E-state index contributed by atoms with van der Waals surface area (Å²) < 4.78 is 5.33. The van der Waals surface area contributed by atoms with Crippen LogP contribution in [0.4, 0.5) is 0 Å². The van der Waals surface area contributed by atoms with Crippen molar-refractivity contribution < 1.29 is 19.4 Å². The SMILES string of the molecule is Cc1csc(-c2cccc(C(=O)N(CC(=O)O)C3CCOCC3)c2)n1. The van der Waals surface area contributed by atoms with E-state index in [9.17, 15) is 14.7 Å². The fourth-order valence-corrected chi connectivity index (χ4v) is 3.74. The molecule has 6 nitrogen and oxygen atoms in total. The van der Waals surface area contributed by atoms with Crippen molar-refractivity contribution in [1.29, 1.82) is 0 Å². The summed E-state index contributed by atoms with van der Waals surface area (Å²) in [5.74, 6) is -1.27. The summed E-state index contributed by atoms with van der Waals surface area (Å²) in [6.45, 7) is 2.72. The van der Waals surface area contributed by atoms with Crippen molar-refractivity contribution >= 4 is 23.2 Å². The van der Waals surface area contributed by atoms with Gasteiger partial charge in [-0.15, -0.1) is 11.3 Å². The lowest BCUT2D eigenvalue weighted by molar-refractivity contribution is -0.138. The van der Waals surface area contributed by atoms with E-state index in [2.05, 4.69) is 4.98 Å². The second-order valence-corrected chi connectivity index (χ2v) is 6.90. The van der Waals surface area contributed by atoms with E-state index < -0.39 is 5.97 Å². The van der Waals surface area contributed by atoms with Gasteiger partial charge in [0, 0.05) is 41.5 Å². The first-order valence-corrected chi connectivity index (χ1v) is 9.05. The van der Waals surface area contributed by atoms with Crippen LogP contribution in [0.25, 0.3) is 10.6 Å². The van der Waals surface area contributed by atoms with E-state index in [1.165, 1.54) is 16.2 Å². The van der Waals surface area contributed by atoms with Crippen LogP contribution in [0.15, 0.2) is 29.6 Å². The van der Waals surface area contributed by atoms with Crippen molar-refractivity contribution in [3.63, 3.8) is 0 Å². The molecule has 0 spiro atoms. The van der Waals surface area contributed by atoms with Crippen molar-refractivity contribution in [2.45, 2.75) is 25.8 Å². The fraction of sp³-hybridized carbons (Fsp3) is 0.389. The molecule has 1 aromatic carbocycles. The number of benzene rings is 1. The quantitative estimate of drug-likeness (QED) is 0.887. The molecule has 3 rings (SSSR count). The number of carbonyl (C=O) groups is 2. The number of carbonyl (C=O) groups excluding carboxylic acids is 1. The summed E-state index contributed by atoms with van der Waals surface area (Å²) in [6, 6.07) is 7.12. The van der Waals surface area contributed by atoms with Gasteiger partial charge in [0.2, 0.25) is 0 Å². The highest BCUT2D eigenvalue weighted by atomic mass is 32.1. The Kier molecular flexibility index (Phi) is 5.45. The number of hydrogen-bond acceptors (Lipinski definition) is 5. The molecule has 25 heavy (non-hydrogen) atoms. The molecule has 1 aliphatic rings. The Morgan fingerprint density at radius 1 is 1.36 bits per heavy atom. The van der Waals surface area contributed by atoms with E-state index in [1.54, 1.807) is 12.1 Å². The van der Waals surface area contributed by atoms with Gasteiger partial charge in [-0.2, -0.15) is 0 Å². The maximum absolute atomic E-state index is 13.0. The minimum absolute atomic E-state index is 0.108. The molecule has 1 fully saturated rings. The summed E-state index contributed by atoms with van der Waals surface area (Å²) >= 11 is 1.52. The molecular weight excluding hydrogens is 340 g/mol. The van der Waals surface area contributed by atoms with Crippen LogP contribution in [0.3, 0.4) is 0 Å². The first kappa shape index (κ1) is 17.6. The monoisotopic (exact) mass is 360 g/mol. The lowest BCUT2D eigenvalue weighted by Gasteiger charge is -2.33. The molecule has 132 valence electrons. The van der Waals surface area contributed by atoms with E-state index in [0.717, 1.165) is 16.3 Å². The molecule has 0 atom stereocenters. The second kappa shape index (κ2) is 7.76. The topological polar surface area (TPSA) is 79.7 Å². The van der Waals surface area contributed by atoms with Crippen LogP contribution in [0.2, 0.25) is 0 Å².